The van der Waals surface area contributed by atoms with Gasteiger partial charge in [0, 0.05) is 26.2 Å². The molecule has 1 aromatic rings. The third-order valence-corrected chi connectivity index (χ3v) is 5.83. The molecule has 0 unspecified atom stereocenters. The molecule has 7 nitrogen and oxygen atoms in total. The van der Waals surface area contributed by atoms with E-state index in [4.69, 9.17) is 9.47 Å². The Bertz CT molecular complexity index is 735. The summed E-state index contributed by atoms with van der Waals surface area (Å²) in [5.41, 5.74) is 0.454. The van der Waals surface area contributed by atoms with Crippen molar-refractivity contribution in [3.8, 4) is 5.75 Å². The topological polar surface area (TPSA) is 76.1 Å². The molecule has 0 aliphatic carbocycles. The maximum Gasteiger partial charge on any atom is 0.309 e. The molecule has 0 aromatic heterocycles. The van der Waals surface area contributed by atoms with Crippen molar-refractivity contribution in [1.82, 2.24) is 9.80 Å². The molecule has 2 saturated heterocycles. The van der Waals surface area contributed by atoms with Crippen molar-refractivity contribution >= 4 is 17.8 Å². The quantitative estimate of drug-likeness (QED) is 0.667. The van der Waals surface area contributed by atoms with Crippen molar-refractivity contribution in [2.45, 2.75) is 45.4 Å². The van der Waals surface area contributed by atoms with E-state index in [1.807, 2.05) is 4.90 Å². The first kappa shape index (κ1) is 22.1. The molecule has 164 valence electrons. The van der Waals surface area contributed by atoms with E-state index in [9.17, 15) is 14.4 Å². The van der Waals surface area contributed by atoms with Gasteiger partial charge in [0.2, 0.25) is 0 Å². The molecule has 1 aromatic carbocycles. The van der Waals surface area contributed by atoms with Gasteiger partial charge in [-0.25, -0.2) is 0 Å². The second-order valence-corrected chi connectivity index (χ2v) is 7.90. The Morgan fingerprint density at radius 2 is 1.60 bits per heavy atom. The van der Waals surface area contributed by atoms with Gasteiger partial charge in [0.25, 0.3) is 11.8 Å². The number of nitrogens with zero attached hydrogens (tertiary/aromatic N) is 2. The number of ether oxygens (including phenoxy) is 2. The highest BCUT2D eigenvalue weighted by atomic mass is 16.5. The van der Waals surface area contributed by atoms with Crippen LogP contribution in [0.1, 0.15) is 55.8 Å². The van der Waals surface area contributed by atoms with Crippen molar-refractivity contribution in [2.24, 2.45) is 5.92 Å². The minimum absolute atomic E-state index is 0.0330. The van der Waals surface area contributed by atoms with E-state index in [0.717, 1.165) is 38.8 Å². The van der Waals surface area contributed by atoms with Gasteiger partial charge >= 0.3 is 5.97 Å². The molecule has 0 N–H and O–H groups in total. The van der Waals surface area contributed by atoms with Gasteiger partial charge in [0.15, 0.2) is 6.61 Å². The van der Waals surface area contributed by atoms with Crippen molar-refractivity contribution in [2.75, 3.05) is 39.4 Å². The average molecular weight is 417 g/mol. The van der Waals surface area contributed by atoms with Crippen LogP contribution in [0.2, 0.25) is 0 Å². The zero-order chi connectivity index (χ0) is 21.3. The first-order chi connectivity index (χ1) is 14.6. The van der Waals surface area contributed by atoms with Gasteiger partial charge in [-0.2, -0.15) is 0 Å². The summed E-state index contributed by atoms with van der Waals surface area (Å²) < 4.78 is 10.9. The Kier molecular flexibility index (Phi) is 8.11. The predicted octanol–water partition coefficient (Wildman–Crippen LogP) is 2.88. The molecular weight excluding hydrogens is 384 g/mol. The van der Waals surface area contributed by atoms with Gasteiger partial charge in [0.05, 0.1) is 18.1 Å². The van der Waals surface area contributed by atoms with Crippen LogP contribution in [0.25, 0.3) is 0 Å². The van der Waals surface area contributed by atoms with Gasteiger partial charge in [-0.05, 0) is 44.7 Å². The van der Waals surface area contributed by atoms with Crippen LogP contribution in [-0.2, 0) is 14.3 Å². The molecule has 2 aliphatic rings. The molecule has 0 spiro atoms. The Morgan fingerprint density at radius 1 is 0.933 bits per heavy atom. The van der Waals surface area contributed by atoms with Crippen LogP contribution in [0.5, 0.6) is 5.75 Å². The number of rotatable bonds is 6. The Balaban J connectivity index is 1.57. The number of hydrogen-bond donors (Lipinski definition) is 0. The average Bonchev–Trinajstić information content (AvgIpc) is 3.07. The van der Waals surface area contributed by atoms with Crippen molar-refractivity contribution < 1.29 is 23.9 Å². The van der Waals surface area contributed by atoms with E-state index in [0.29, 0.717) is 43.9 Å². The molecule has 0 saturated carbocycles. The predicted molar refractivity (Wildman–Crippen MR) is 112 cm³/mol. The van der Waals surface area contributed by atoms with Crippen LogP contribution in [0.4, 0.5) is 0 Å². The summed E-state index contributed by atoms with van der Waals surface area (Å²) in [6.45, 7) is 4.67. The summed E-state index contributed by atoms with van der Waals surface area (Å²) in [5.74, 6) is -0.0604. The van der Waals surface area contributed by atoms with Crippen LogP contribution < -0.4 is 4.74 Å². The van der Waals surface area contributed by atoms with Crippen molar-refractivity contribution in [1.29, 1.82) is 0 Å². The number of carbonyl (C=O) groups excluding carboxylic acids is 3. The highest BCUT2D eigenvalue weighted by molar-refractivity contribution is 5.97. The zero-order valence-corrected chi connectivity index (χ0v) is 17.8. The zero-order valence-electron chi connectivity index (χ0n) is 17.8. The summed E-state index contributed by atoms with van der Waals surface area (Å²) in [6.07, 6.45) is 5.58. The van der Waals surface area contributed by atoms with Crippen LogP contribution >= 0.6 is 0 Å². The number of piperidine rings is 1. The van der Waals surface area contributed by atoms with E-state index in [1.165, 1.54) is 0 Å². The lowest BCUT2D eigenvalue weighted by Gasteiger charge is -2.31. The Morgan fingerprint density at radius 3 is 2.27 bits per heavy atom. The fourth-order valence-electron chi connectivity index (χ4n) is 4.07. The molecular formula is C23H32N2O5. The Labute approximate surface area is 178 Å². The van der Waals surface area contributed by atoms with E-state index in [-0.39, 0.29) is 30.3 Å². The summed E-state index contributed by atoms with van der Waals surface area (Å²) in [4.78, 5) is 41.1. The minimum atomic E-state index is -0.180. The Hall–Kier alpha value is -2.57. The number of likely N-dealkylation sites (tertiary alicyclic amines) is 2. The number of para-hydroxylation sites is 1. The third-order valence-electron chi connectivity index (χ3n) is 5.83. The third kappa shape index (κ3) is 5.74. The lowest BCUT2D eigenvalue weighted by Crippen LogP contribution is -2.41. The second kappa shape index (κ2) is 11.0. The van der Waals surface area contributed by atoms with Crippen LogP contribution in [0.15, 0.2) is 24.3 Å². The summed E-state index contributed by atoms with van der Waals surface area (Å²) in [7, 11) is 0. The second-order valence-electron chi connectivity index (χ2n) is 7.90. The summed E-state index contributed by atoms with van der Waals surface area (Å²) in [5, 5.41) is 0. The van der Waals surface area contributed by atoms with E-state index in [2.05, 4.69) is 0 Å². The SMILES string of the molecule is CCOC(=O)C1CCN(C(=O)c2ccccc2OCC(=O)N2CCCCCC2)CC1. The highest BCUT2D eigenvalue weighted by Gasteiger charge is 2.29. The van der Waals surface area contributed by atoms with Gasteiger partial charge < -0.3 is 19.3 Å². The van der Waals surface area contributed by atoms with Crippen LogP contribution in [0, 0.1) is 5.92 Å². The molecule has 3 rings (SSSR count). The monoisotopic (exact) mass is 416 g/mol. The first-order valence-electron chi connectivity index (χ1n) is 11.1. The molecule has 2 aliphatic heterocycles. The number of benzene rings is 1. The van der Waals surface area contributed by atoms with Gasteiger partial charge in [-0.1, -0.05) is 25.0 Å². The smallest absolute Gasteiger partial charge is 0.309 e. The summed E-state index contributed by atoms with van der Waals surface area (Å²) >= 11 is 0. The summed E-state index contributed by atoms with van der Waals surface area (Å²) in [6, 6.07) is 7.05. The van der Waals surface area contributed by atoms with Gasteiger partial charge in [-0.3, -0.25) is 14.4 Å². The number of amides is 2. The molecule has 2 heterocycles. The van der Waals surface area contributed by atoms with E-state index >= 15 is 0 Å². The highest BCUT2D eigenvalue weighted by Crippen LogP contribution is 2.24. The molecule has 2 fully saturated rings. The lowest BCUT2D eigenvalue weighted by molar-refractivity contribution is -0.149. The largest absolute Gasteiger partial charge is 0.483 e. The number of carbonyl (C=O) groups is 3. The molecule has 30 heavy (non-hydrogen) atoms. The molecule has 0 bridgehead atoms. The van der Waals surface area contributed by atoms with Crippen LogP contribution in [0.3, 0.4) is 0 Å². The number of esters is 1. The normalized spacial score (nSPS) is 17.9. The fraction of sp³-hybridized carbons (Fsp3) is 0.609. The number of hydrogen-bond acceptors (Lipinski definition) is 5. The van der Waals surface area contributed by atoms with Gasteiger partial charge in [-0.15, -0.1) is 0 Å². The van der Waals surface area contributed by atoms with E-state index < -0.39 is 0 Å². The molecule has 0 atom stereocenters. The van der Waals surface area contributed by atoms with Gasteiger partial charge in [0.1, 0.15) is 5.75 Å². The van der Waals surface area contributed by atoms with Crippen molar-refractivity contribution in [3.05, 3.63) is 29.8 Å². The first-order valence-corrected chi connectivity index (χ1v) is 11.1. The minimum Gasteiger partial charge on any atom is -0.483 e. The van der Waals surface area contributed by atoms with Crippen molar-refractivity contribution in [3.63, 3.8) is 0 Å². The maximum absolute atomic E-state index is 13.0. The fourth-order valence-corrected chi connectivity index (χ4v) is 4.07. The molecule has 2 amide bonds. The lowest BCUT2D eigenvalue weighted by atomic mass is 9.96. The molecule has 7 heteroatoms. The van der Waals surface area contributed by atoms with E-state index in [1.54, 1.807) is 36.1 Å². The van der Waals surface area contributed by atoms with Crippen LogP contribution in [-0.4, -0.2) is 67.0 Å². The maximum atomic E-state index is 13.0. The standard InChI is InChI=1S/C23H32N2O5/c1-2-29-23(28)18-11-15-25(16-12-18)22(27)19-9-5-6-10-20(19)30-17-21(26)24-13-7-3-4-8-14-24/h5-6,9-10,18H,2-4,7-8,11-17H2,1H3. The molecule has 0 radical (unpaired) electrons.